The molecule has 1 saturated heterocycles. The molecule has 0 aromatic carbocycles. The summed E-state index contributed by atoms with van der Waals surface area (Å²) in [4.78, 5) is 26.1. The molecular weight excluding hydrogens is 340 g/mol. The van der Waals surface area contributed by atoms with Crippen LogP contribution < -0.4 is 0 Å². The molecule has 0 aromatic rings. The highest BCUT2D eigenvalue weighted by Gasteiger charge is 2.38. The Kier molecular flexibility index (Phi) is 5.75. The Labute approximate surface area is 113 Å². The zero-order chi connectivity index (χ0) is 12.1. The van der Waals surface area contributed by atoms with Gasteiger partial charge in [0.2, 0.25) is 0 Å². The Morgan fingerprint density at radius 2 is 1.94 bits per heavy atom. The van der Waals surface area contributed by atoms with E-state index in [0.717, 1.165) is 12.8 Å². The van der Waals surface area contributed by atoms with Crippen molar-refractivity contribution in [2.45, 2.75) is 36.5 Å². The number of amides is 3. The Hall–Kier alpha value is -0.100. The van der Waals surface area contributed by atoms with Crippen LogP contribution in [0.15, 0.2) is 0 Å². The molecule has 1 heterocycles. The summed E-state index contributed by atoms with van der Waals surface area (Å²) in [5.74, 6) is -0.153. The van der Waals surface area contributed by atoms with Crippen molar-refractivity contribution in [3.8, 4) is 0 Å². The van der Waals surface area contributed by atoms with Gasteiger partial charge < -0.3 is 4.90 Å². The number of unbranched alkanes of at least 4 members (excludes halogenated alkanes) is 3. The summed E-state index contributed by atoms with van der Waals surface area (Å²) >= 11 is 6.35. The van der Waals surface area contributed by atoms with Crippen LogP contribution >= 0.6 is 31.9 Å². The van der Waals surface area contributed by atoms with Crippen LogP contribution in [0.3, 0.4) is 0 Å². The summed E-state index contributed by atoms with van der Waals surface area (Å²) < 4.78 is -0.402. The average Bonchev–Trinajstić information content (AvgIpc) is 2.49. The second-order valence-electron chi connectivity index (χ2n) is 3.81. The largest absolute Gasteiger partial charge is 0.328 e. The second kappa shape index (κ2) is 6.59. The molecule has 92 valence electrons. The molecule has 0 atom stereocenters. The van der Waals surface area contributed by atoms with Gasteiger partial charge in [-0.05, 0) is 6.42 Å². The molecule has 1 fully saturated rings. The molecule has 0 radical (unpaired) electrons. The van der Waals surface area contributed by atoms with Crippen molar-refractivity contribution in [2.24, 2.45) is 0 Å². The topological polar surface area (TPSA) is 40.6 Å². The van der Waals surface area contributed by atoms with Crippen molar-refractivity contribution in [1.29, 1.82) is 0 Å². The van der Waals surface area contributed by atoms with Gasteiger partial charge in [0.1, 0.15) is 6.54 Å². The Morgan fingerprint density at radius 3 is 2.44 bits per heavy atom. The highest BCUT2D eigenvalue weighted by atomic mass is 79.9. The van der Waals surface area contributed by atoms with E-state index in [2.05, 4.69) is 38.8 Å². The summed E-state index contributed by atoms with van der Waals surface area (Å²) in [5, 5.41) is 0. The molecule has 16 heavy (non-hydrogen) atoms. The lowest BCUT2D eigenvalue weighted by Crippen LogP contribution is -2.35. The van der Waals surface area contributed by atoms with Crippen LogP contribution in [-0.4, -0.2) is 38.7 Å². The van der Waals surface area contributed by atoms with Gasteiger partial charge >= 0.3 is 6.03 Å². The van der Waals surface area contributed by atoms with Gasteiger partial charge in [-0.25, -0.2) is 9.69 Å². The molecule has 0 N–H and O–H groups in total. The summed E-state index contributed by atoms with van der Waals surface area (Å²) in [5.41, 5.74) is 0. The van der Waals surface area contributed by atoms with E-state index in [4.69, 9.17) is 0 Å². The van der Waals surface area contributed by atoms with Crippen LogP contribution in [0.5, 0.6) is 0 Å². The Bertz CT molecular complexity index is 272. The molecule has 4 nitrogen and oxygen atoms in total. The molecule has 1 aliphatic heterocycles. The fourth-order valence-corrected chi connectivity index (χ4v) is 2.47. The maximum absolute atomic E-state index is 11.8. The van der Waals surface area contributed by atoms with Crippen molar-refractivity contribution < 1.29 is 9.59 Å². The average molecular weight is 356 g/mol. The minimum atomic E-state index is -0.402. The molecule has 1 aliphatic rings. The van der Waals surface area contributed by atoms with Crippen LogP contribution in [0.4, 0.5) is 4.79 Å². The number of alkyl halides is 2. The number of carbonyl (C=O) groups is 2. The lowest BCUT2D eigenvalue weighted by molar-refractivity contribution is -0.124. The normalized spacial score (nSPS) is 16.8. The molecular formula is C10H16Br2N2O2. The van der Waals surface area contributed by atoms with E-state index in [1.165, 1.54) is 17.7 Å². The third-order valence-corrected chi connectivity index (χ3v) is 3.37. The van der Waals surface area contributed by atoms with Crippen molar-refractivity contribution in [2.75, 3.05) is 13.1 Å². The molecule has 0 aromatic heterocycles. The fraction of sp³-hybridized carbons (Fsp3) is 0.800. The SMILES string of the molecule is CCCCCCN1CC(=O)N(C(Br)Br)C1=O. The number of halogens is 2. The maximum Gasteiger partial charge on any atom is 0.328 e. The molecule has 3 amide bonds. The molecule has 6 heteroatoms. The molecule has 0 saturated carbocycles. The molecule has 0 bridgehead atoms. The first-order valence-electron chi connectivity index (χ1n) is 5.47. The number of imide groups is 1. The van der Waals surface area contributed by atoms with Gasteiger partial charge in [0.05, 0.1) is 0 Å². The van der Waals surface area contributed by atoms with Gasteiger partial charge in [0.25, 0.3) is 5.91 Å². The maximum atomic E-state index is 11.8. The van der Waals surface area contributed by atoms with Crippen molar-refractivity contribution in [3.05, 3.63) is 0 Å². The van der Waals surface area contributed by atoms with Crippen LogP contribution in [0, 0.1) is 0 Å². The number of hydrogen-bond acceptors (Lipinski definition) is 2. The predicted molar refractivity (Wildman–Crippen MR) is 69.6 cm³/mol. The van der Waals surface area contributed by atoms with E-state index >= 15 is 0 Å². The first-order valence-corrected chi connectivity index (χ1v) is 7.30. The van der Waals surface area contributed by atoms with Gasteiger partial charge in [-0.1, -0.05) is 58.0 Å². The van der Waals surface area contributed by atoms with Crippen molar-refractivity contribution in [3.63, 3.8) is 0 Å². The minimum absolute atomic E-state index is 0.153. The predicted octanol–water partition coefficient (Wildman–Crippen LogP) is 2.90. The Balaban J connectivity index is 2.40. The monoisotopic (exact) mass is 354 g/mol. The highest BCUT2D eigenvalue weighted by molar-refractivity contribution is 9.24. The molecule has 1 rings (SSSR count). The smallest absolute Gasteiger partial charge is 0.315 e. The van der Waals surface area contributed by atoms with E-state index in [9.17, 15) is 9.59 Å². The molecule has 0 aliphatic carbocycles. The van der Waals surface area contributed by atoms with E-state index in [-0.39, 0.29) is 18.5 Å². The summed E-state index contributed by atoms with van der Waals surface area (Å²) in [6.07, 6.45) is 4.43. The molecule has 0 spiro atoms. The highest BCUT2D eigenvalue weighted by Crippen LogP contribution is 2.22. The van der Waals surface area contributed by atoms with E-state index in [1.807, 2.05) is 0 Å². The zero-order valence-electron chi connectivity index (χ0n) is 9.29. The first-order chi connectivity index (χ1) is 7.57. The van der Waals surface area contributed by atoms with E-state index < -0.39 is 3.86 Å². The van der Waals surface area contributed by atoms with Gasteiger partial charge in [-0.15, -0.1) is 0 Å². The Morgan fingerprint density at radius 1 is 1.25 bits per heavy atom. The standard InChI is InChI=1S/C10H16Br2N2O2/c1-2-3-4-5-6-13-7-8(15)14(9(11)12)10(13)16/h9H,2-7H2,1H3. The quantitative estimate of drug-likeness (QED) is 0.318. The lowest BCUT2D eigenvalue weighted by Gasteiger charge is -2.17. The van der Waals surface area contributed by atoms with Crippen LogP contribution in [-0.2, 0) is 4.79 Å². The van der Waals surface area contributed by atoms with Gasteiger partial charge in [-0.2, -0.15) is 0 Å². The van der Waals surface area contributed by atoms with Crippen LogP contribution in [0.2, 0.25) is 0 Å². The van der Waals surface area contributed by atoms with Crippen molar-refractivity contribution >= 4 is 43.8 Å². The lowest BCUT2D eigenvalue weighted by atomic mass is 10.2. The van der Waals surface area contributed by atoms with E-state index in [0.29, 0.717) is 6.54 Å². The second-order valence-corrected chi connectivity index (χ2v) is 6.77. The first kappa shape index (κ1) is 14.0. The summed E-state index contributed by atoms with van der Waals surface area (Å²) in [6, 6.07) is -0.208. The zero-order valence-corrected chi connectivity index (χ0v) is 12.5. The van der Waals surface area contributed by atoms with Crippen molar-refractivity contribution in [1.82, 2.24) is 9.80 Å². The van der Waals surface area contributed by atoms with Crippen LogP contribution in [0.25, 0.3) is 0 Å². The number of rotatable bonds is 6. The van der Waals surface area contributed by atoms with Crippen LogP contribution in [0.1, 0.15) is 32.6 Å². The summed E-state index contributed by atoms with van der Waals surface area (Å²) in [6.45, 7) is 3.03. The minimum Gasteiger partial charge on any atom is -0.315 e. The van der Waals surface area contributed by atoms with Gasteiger partial charge in [0.15, 0.2) is 3.86 Å². The van der Waals surface area contributed by atoms with Gasteiger partial charge in [0, 0.05) is 6.54 Å². The number of urea groups is 1. The van der Waals surface area contributed by atoms with Gasteiger partial charge in [-0.3, -0.25) is 4.79 Å². The number of hydrogen-bond donors (Lipinski definition) is 0. The third-order valence-electron chi connectivity index (χ3n) is 2.55. The summed E-state index contributed by atoms with van der Waals surface area (Å²) in [7, 11) is 0. The fourth-order valence-electron chi connectivity index (χ4n) is 1.66. The number of carbonyl (C=O) groups excluding carboxylic acids is 2. The molecule has 0 unspecified atom stereocenters. The van der Waals surface area contributed by atoms with E-state index in [1.54, 1.807) is 4.90 Å². The number of nitrogens with zero attached hydrogens (tertiary/aromatic N) is 2. The third kappa shape index (κ3) is 3.45.